The number of anilines is 1. The molecule has 0 unspecified atom stereocenters. The number of hydrogen-bond acceptors (Lipinski definition) is 9. The van der Waals surface area contributed by atoms with Gasteiger partial charge in [0.25, 0.3) is 0 Å². The van der Waals surface area contributed by atoms with Crippen LogP contribution in [0.2, 0.25) is 0 Å². The van der Waals surface area contributed by atoms with E-state index in [4.69, 9.17) is 10.7 Å². The lowest BCUT2D eigenvalue weighted by Crippen LogP contribution is -2.49. The molecule has 4 N–H and O–H groups in total. The maximum absolute atomic E-state index is 11.8. The van der Waals surface area contributed by atoms with Crippen LogP contribution in [0.3, 0.4) is 0 Å². The fourth-order valence-corrected chi connectivity index (χ4v) is 4.57. The van der Waals surface area contributed by atoms with Gasteiger partial charge in [-0.2, -0.15) is 0 Å². The number of ketones is 2. The lowest BCUT2D eigenvalue weighted by molar-refractivity contribution is -0.141. The second-order valence-corrected chi connectivity index (χ2v) is 10.1. The van der Waals surface area contributed by atoms with Crippen molar-refractivity contribution in [1.29, 1.82) is 0 Å². The van der Waals surface area contributed by atoms with Gasteiger partial charge in [-0.25, -0.2) is 0 Å². The zero-order valence-electron chi connectivity index (χ0n) is 23.6. The number of aromatic nitrogens is 1. The summed E-state index contributed by atoms with van der Waals surface area (Å²) in [7, 11) is 0. The summed E-state index contributed by atoms with van der Waals surface area (Å²) < 4.78 is 0. The lowest BCUT2D eigenvalue weighted by Gasteiger charge is -2.36. The minimum atomic E-state index is -0.928. The number of carbonyl (C=O) groups excluding carboxylic acids is 2. The summed E-state index contributed by atoms with van der Waals surface area (Å²) in [6.45, 7) is 8.19. The van der Waals surface area contributed by atoms with E-state index in [9.17, 15) is 29.4 Å². The molecule has 2 heterocycles. The third-order valence-corrected chi connectivity index (χ3v) is 6.43. The highest BCUT2D eigenvalue weighted by Gasteiger charge is 2.26. The molecule has 3 rings (SSSR count). The molecule has 218 valence electrons. The second-order valence-electron chi connectivity index (χ2n) is 10.1. The molecule has 1 aliphatic rings. The van der Waals surface area contributed by atoms with E-state index in [0.717, 1.165) is 23.5 Å². The van der Waals surface area contributed by atoms with Crippen LogP contribution < -0.4 is 5.73 Å². The van der Waals surface area contributed by atoms with Gasteiger partial charge in [-0.1, -0.05) is 25.1 Å². The third kappa shape index (κ3) is 12.5. The van der Waals surface area contributed by atoms with E-state index in [-0.39, 0.29) is 37.1 Å². The molecule has 2 aromatic rings. The first-order valence-electron chi connectivity index (χ1n) is 13.4. The van der Waals surface area contributed by atoms with Gasteiger partial charge in [0.2, 0.25) is 0 Å². The predicted octanol–water partition coefficient (Wildman–Crippen LogP) is 1.94. The minimum absolute atomic E-state index is 0.0625. The summed E-state index contributed by atoms with van der Waals surface area (Å²) in [6.07, 6.45) is 0.654. The first kappa shape index (κ1) is 32.5. The molecule has 0 spiro atoms. The molecule has 0 radical (unpaired) electrons. The van der Waals surface area contributed by atoms with Crippen molar-refractivity contribution in [2.75, 3.05) is 45.0 Å². The van der Waals surface area contributed by atoms with Crippen molar-refractivity contribution in [1.82, 2.24) is 19.7 Å². The Morgan fingerprint density at radius 2 is 1.45 bits per heavy atom. The number of nitrogen functional groups attached to an aromatic ring is 1. The van der Waals surface area contributed by atoms with Crippen LogP contribution in [0.25, 0.3) is 0 Å². The number of aliphatic carboxylic acids is 2. The van der Waals surface area contributed by atoms with E-state index in [0.29, 0.717) is 44.8 Å². The maximum Gasteiger partial charge on any atom is 0.317 e. The standard InChI is InChI=1S/C24H33N5O4.C5H8O2/c1-2-27-10-11-28(16-23(30)31)15-22(12-18-6-8-19(25)9-7-18)29(17-24(32)33)14-21-5-3-4-20(13-27)26-21;1-4(6)3-5(2)7/h3-9,22H,2,10-17,25H2,1H3,(H,30,31)(H,32,33);3H2,1-2H3/t22-;/m0./s1. The Balaban J connectivity index is 0.000000708. The normalized spacial score (nSPS) is 17.0. The van der Waals surface area contributed by atoms with Gasteiger partial charge in [-0.15, -0.1) is 0 Å². The number of benzene rings is 1. The molecule has 40 heavy (non-hydrogen) atoms. The van der Waals surface area contributed by atoms with Gasteiger partial charge in [-0.05, 0) is 56.6 Å². The Kier molecular flexibility index (Phi) is 13.4. The first-order valence-corrected chi connectivity index (χ1v) is 13.4. The molecule has 0 aliphatic carbocycles. The van der Waals surface area contributed by atoms with Crippen LogP contribution >= 0.6 is 0 Å². The Morgan fingerprint density at radius 1 is 0.875 bits per heavy atom. The molecule has 11 nitrogen and oxygen atoms in total. The van der Waals surface area contributed by atoms with Crippen LogP contribution in [0.5, 0.6) is 0 Å². The van der Waals surface area contributed by atoms with Gasteiger partial charge >= 0.3 is 11.9 Å². The average Bonchev–Trinajstić information content (AvgIpc) is 2.85. The summed E-state index contributed by atoms with van der Waals surface area (Å²) >= 11 is 0. The molecule has 0 saturated carbocycles. The number of likely N-dealkylation sites (N-methyl/N-ethyl adjacent to an activating group) is 1. The van der Waals surface area contributed by atoms with Crippen LogP contribution in [0, 0.1) is 0 Å². The third-order valence-electron chi connectivity index (χ3n) is 6.43. The monoisotopic (exact) mass is 555 g/mol. The molecular weight excluding hydrogens is 514 g/mol. The SMILES string of the molecule is CC(=O)CC(C)=O.CCN1CCN(CC(=O)O)C[C@H](Cc2ccc(N)cc2)N(CC(=O)O)Cc2cccc(n2)C1. The number of fused-ring (bicyclic) bond motifs is 2. The summed E-state index contributed by atoms with van der Waals surface area (Å²) in [5.41, 5.74) is 9.23. The van der Waals surface area contributed by atoms with Gasteiger partial charge in [0.1, 0.15) is 11.6 Å². The lowest BCUT2D eigenvalue weighted by atomic mass is 10.0. The van der Waals surface area contributed by atoms with Crippen molar-refractivity contribution in [3.8, 4) is 0 Å². The van der Waals surface area contributed by atoms with Gasteiger partial charge in [-0.3, -0.25) is 38.9 Å². The number of rotatable bonds is 9. The van der Waals surface area contributed by atoms with E-state index >= 15 is 0 Å². The molecule has 1 aromatic heterocycles. The predicted molar refractivity (Wildman–Crippen MR) is 152 cm³/mol. The van der Waals surface area contributed by atoms with Crippen molar-refractivity contribution >= 4 is 29.2 Å². The molecule has 1 aliphatic heterocycles. The molecule has 1 atom stereocenters. The number of carbonyl (C=O) groups is 4. The Bertz CT molecular complexity index is 1130. The number of carboxylic acid groups (broad SMARTS) is 2. The summed E-state index contributed by atoms with van der Waals surface area (Å²) in [4.78, 5) is 54.2. The zero-order valence-corrected chi connectivity index (χ0v) is 23.6. The van der Waals surface area contributed by atoms with Crippen LogP contribution in [-0.2, 0) is 38.7 Å². The second kappa shape index (κ2) is 16.4. The highest BCUT2D eigenvalue weighted by molar-refractivity contribution is 5.96. The summed E-state index contributed by atoms with van der Waals surface area (Å²) in [6, 6.07) is 13.1. The van der Waals surface area contributed by atoms with Crippen molar-refractivity contribution in [2.45, 2.75) is 52.7 Å². The number of pyridine rings is 1. The fraction of sp³-hybridized carbons (Fsp3) is 0.483. The Labute approximate surface area is 235 Å². The first-order chi connectivity index (χ1) is 18.9. The highest BCUT2D eigenvalue weighted by atomic mass is 16.4. The van der Waals surface area contributed by atoms with Crippen molar-refractivity contribution in [2.24, 2.45) is 0 Å². The summed E-state index contributed by atoms with van der Waals surface area (Å²) in [5, 5.41) is 19.1. The van der Waals surface area contributed by atoms with Gasteiger partial charge in [0, 0.05) is 44.5 Å². The molecule has 0 fully saturated rings. The number of Topliss-reactive ketones (excluding diaryl/α,β-unsaturated/α-hetero) is 2. The van der Waals surface area contributed by atoms with Crippen molar-refractivity contribution in [3.63, 3.8) is 0 Å². The van der Waals surface area contributed by atoms with Gasteiger partial charge in [0.15, 0.2) is 0 Å². The quantitative estimate of drug-likeness (QED) is 0.307. The molecular formula is C29H41N5O6. The van der Waals surface area contributed by atoms with Gasteiger partial charge < -0.3 is 15.9 Å². The maximum atomic E-state index is 11.8. The number of nitrogens with zero attached hydrogens (tertiary/aromatic N) is 4. The van der Waals surface area contributed by atoms with Crippen molar-refractivity contribution in [3.05, 3.63) is 59.4 Å². The fourth-order valence-electron chi connectivity index (χ4n) is 4.57. The molecule has 11 heteroatoms. The highest BCUT2D eigenvalue weighted by Crippen LogP contribution is 2.17. The largest absolute Gasteiger partial charge is 0.480 e. The van der Waals surface area contributed by atoms with Crippen LogP contribution in [0.4, 0.5) is 5.69 Å². The number of carboxylic acids is 2. The number of nitrogens with two attached hydrogens (primary N) is 1. The van der Waals surface area contributed by atoms with E-state index in [1.807, 2.05) is 52.3 Å². The average molecular weight is 556 g/mol. The zero-order chi connectivity index (χ0) is 29.7. The molecule has 1 aromatic carbocycles. The van der Waals surface area contributed by atoms with Crippen LogP contribution in [0.1, 0.15) is 44.1 Å². The van der Waals surface area contributed by atoms with Crippen molar-refractivity contribution < 1.29 is 29.4 Å². The smallest absolute Gasteiger partial charge is 0.317 e. The van der Waals surface area contributed by atoms with Crippen LogP contribution in [-0.4, -0.2) is 98.7 Å². The summed E-state index contributed by atoms with van der Waals surface area (Å²) in [5.74, 6) is -1.95. The molecule has 0 amide bonds. The van der Waals surface area contributed by atoms with E-state index < -0.39 is 11.9 Å². The number of hydrogen-bond donors (Lipinski definition) is 3. The Hall–Kier alpha value is -3.67. The minimum Gasteiger partial charge on any atom is -0.480 e. The molecule has 0 saturated heterocycles. The van der Waals surface area contributed by atoms with E-state index in [1.54, 1.807) is 0 Å². The van der Waals surface area contributed by atoms with Crippen LogP contribution in [0.15, 0.2) is 42.5 Å². The van der Waals surface area contributed by atoms with E-state index in [2.05, 4.69) is 11.8 Å². The van der Waals surface area contributed by atoms with E-state index in [1.165, 1.54) is 13.8 Å². The molecule has 2 bridgehead atoms. The Morgan fingerprint density at radius 3 is 1.98 bits per heavy atom. The topological polar surface area (TPSA) is 157 Å². The van der Waals surface area contributed by atoms with Gasteiger partial charge in [0.05, 0.1) is 30.9 Å².